The first-order chi connectivity index (χ1) is 10.6. The van der Waals surface area contributed by atoms with E-state index in [4.69, 9.17) is 4.74 Å². The van der Waals surface area contributed by atoms with Crippen LogP contribution in [-0.2, 0) is 9.53 Å². The van der Waals surface area contributed by atoms with Gasteiger partial charge in [0.15, 0.2) is 0 Å². The molecule has 1 heterocycles. The third-order valence-corrected chi connectivity index (χ3v) is 4.23. The van der Waals surface area contributed by atoms with Crippen LogP contribution in [0.15, 0.2) is 42.5 Å². The van der Waals surface area contributed by atoms with E-state index in [9.17, 15) is 9.90 Å². The summed E-state index contributed by atoms with van der Waals surface area (Å²) < 4.78 is 5.03. The van der Waals surface area contributed by atoms with Crippen molar-refractivity contribution in [1.29, 1.82) is 0 Å². The van der Waals surface area contributed by atoms with E-state index in [1.165, 1.54) is 0 Å². The Labute approximate surface area is 132 Å². The normalized spacial score (nSPS) is 23.2. The highest BCUT2D eigenvalue weighted by Crippen LogP contribution is 2.26. The zero-order valence-electron chi connectivity index (χ0n) is 13.3. The Bertz CT molecular complexity index is 500. The number of benzene rings is 1. The SMILES string of the molecule is CCOC(=O)C[C@@H]1C=CC[C@@H](C[C@H](O)c2ccccc2)N1C. The molecule has 0 bridgehead atoms. The van der Waals surface area contributed by atoms with Crippen molar-refractivity contribution in [3.8, 4) is 0 Å². The minimum Gasteiger partial charge on any atom is -0.466 e. The number of ether oxygens (including phenoxy) is 1. The predicted octanol–water partition coefficient (Wildman–Crippen LogP) is 2.69. The van der Waals surface area contributed by atoms with Gasteiger partial charge in [-0.05, 0) is 32.4 Å². The number of hydrogen-bond donors (Lipinski definition) is 1. The second-order valence-electron chi connectivity index (χ2n) is 5.72. The van der Waals surface area contributed by atoms with Gasteiger partial charge in [-0.2, -0.15) is 0 Å². The van der Waals surface area contributed by atoms with Gasteiger partial charge in [0.05, 0.1) is 19.1 Å². The molecule has 4 heteroatoms. The van der Waals surface area contributed by atoms with Gasteiger partial charge in [-0.25, -0.2) is 0 Å². The van der Waals surface area contributed by atoms with Crippen molar-refractivity contribution < 1.29 is 14.6 Å². The number of carbonyl (C=O) groups excluding carboxylic acids is 1. The third-order valence-electron chi connectivity index (χ3n) is 4.23. The summed E-state index contributed by atoms with van der Waals surface area (Å²) >= 11 is 0. The van der Waals surface area contributed by atoms with Gasteiger partial charge in [0.1, 0.15) is 0 Å². The molecule has 1 aromatic rings. The van der Waals surface area contributed by atoms with Crippen LogP contribution in [0.4, 0.5) is 0 Å². The van der Waals surface area contributed by atoms with Crippen LogP contribution in [0.3, 0.4) is 0 Å². The zero-order valence-corrected chi connectivity index (χ0v) is 13.3. The molecule has 120 valence electrons. The maximum absolute atomic E-state index is 11.7. The van der Waals surface area contributed by atoms with E-state index in [0.717, 1.165) is 12.0 Å². The number of likely N-dealkylation sites (N-methyl/N-ethyl adjacent to an activating group) is 1. The van der Waals surface area contributed by atoms with E-state index >= 15 is 0 Å². The van der Waals surface area contributed by atoms with E-state index in [1.807, 2.05) is 44.3 Å². The second-order valence-corrected chi connectivity index (χ2v) is 5.72. The highest BCUT2D eigenvalue weighted by atomic mass is 16.5. The van der Waals surface area contributed by atoms with E-state index in [0.29, 0.717) is 19.4 Å². The lowest BCUT2D eigenvalue weighted by atomic mass is 9.94. The molecule has 3 atom stereocenters. The molecule has 0 aliphatic carbocycles. The van der Waals surface area contributed by atoms with Gasteiger partial charge in [-0.15, -0.1) is 0 Å². The van der Waals surface area contributed by atoms with Gasteiger partial charge in [0.2, 0.25) is 0 Å². The van der Waals surface area contributed by atoms with E-state index in [2.05, 4.69) is 17.1 Å². The van der Waals surface area contributed by atoms with Crippen LogP contribution in [0.2, 0.25) is 0 Å². The standard InChI is InChI=1S/C18H25NO3/c1-3-22-18(21)13-16-11-7-10-15(19(16)2)12-17(20)14-8-5-4-6-9-14/h4-9,11,15-17,20H,3,10,12-13H2,1-2H3/t15-,16-,17-/m0/s1. The molecule has 0 fully saturated rings. The molecule has 0 amide bonds. The summed E-state index contributed by atoms with van der Waals surface area (Å²) in [6.07, 6.45) is 5.58. The van der Waals surface area contributed by atoms with Crippen LogP contribution >= 0.6 is 0 Å². The summed E-state index contributed by atoms with van der Waals surface area (Å²) in [5.74, 6) is -0.173. The summed E-state index contributed by atoms with van der Waals surface area (Å²) in [7, 11) is 2.01. The number of aliphatic hydroxyl groups excluding tert-OH is 1. The first-order valence-corrected chi connectivity index (χ1v) is 7.89. The maximum atomic E-state index is 11.7. The Morgan fingerprint density at radius 3 is 2.82 bits per heavy atom. The molecule has 0 radical (unpaired) electrons. The van der Waals surface area contributed by atoms with Crippen LogP contribution in [0.25, 0.3) is 0 Å². The Balaban J connectivity index is 1.95. The van der Waals surface area contributed by atoms with Gasteiger partial charge in [0, 0.05) is 12.1 Å². The van der Waals surface area contributed by atoms with Crippen LogP contribution < -0.4 is 0 Å². The molecule has 1 aliphatic heterocycles. The summed E-state index contributed by atoms with van der Waals surface area (Å²) in [5.41, 5.74) is 0.937. The lowest BCUT2D eigenvalue weighted by Crippen LogP contribution is -2.43. The number of aliphatic hydroxyl groups is 1. The van der Waals surface area contributed by atoms with E-state index in [-0.39, 0.29) is 18.1 Å². The number of carbonyl (C=O) groups is 1. The number of esters is 1. The van der Waals surface area contributed by atoms with Crippen molar-refractivity contribution in [3.05, 3.63) is 48.0 Å². The smallest absolute Gasteiger partial charge is 0.307 e. The average molecular weight is 303 g/mol. The van der Waals surface area contributed by atoms with Crippen molar-refractivity contribution in [2.75, 3.05) is 13.7 Å². The Kier molecular flexibility index (Phi) is 6.16. The summed E-state index contributed by atoms with van der Waals surface area (Å²) in [5, 5.41) is 10.4. The van der Waals surface area contributed by atoms with Gasteiger partial charge in [-0.3, -0.25) is 9.69 Å². The largest absolute Gasteiger partial charge is 0.466 e. The average Bonchev–Trinajstić information content (AvgIpc) is 2.52. The molecule has 1 N–H and O–H groups in total. The van der Waals surface area contributed by atoms with E-state index in [1.54, 1.807) is 0 Å². The van der Waals surface area contributed by atoms with Gasteiger partial charge >= 0.3 is 5.97 Å². The first kappa shape index (κ1) is 16.7. The molecular formula is C18H25NO3. The molecule has 2 rings (SSSR count). The topological polar surface area (TPSA) is 49.8 Å². The van der Waals surface area contributed by atoms with Crippen molar-refractivity contribution in [2.45, 2.75) is 44.4 Å². The maximum Gasteiger partial charge on any atom is 0.307 e. The molecule has 0 saturated carbocycles. The summed E-state index contributed by atoms with van der Waals surface area (Å²) in [4.78, 5) is 13.8. The molecule has 1 aromatic carbocycles. The van der Waals surface area contributed by atoms with Crippen LogP contribution in [0, 0.1) is 0 Å². The van der Waals surface area contributed by atoms with Gasteiger partial charge in [-0.1, -0.05) is 42.5 Å². The highest BCUT2D eigenvalue weighted by molar-refractivity contribution is 5.70. The monoisotopic (exact) mass is 303 g/mol. The lowest BCUT2D eigenvalue weighted by Gasteiger charge is -2.37. The molecule has 0 unspecified atom stereocenters. The molecular weight excluding hydrogens is 278 g/mol. The van der Waals surface area contributed by atoms with Gasteiger partial charge in [0.25, 0.3) is 0 Å². The minimum atomic E-state index is -0.483. The highest BCUT2D eigenvalue weighted by Gasteiger charge is 2.28. The van der Waals surface area contributed by atoms with Crippen LogP contribution in [-0.4, -0.2) is 41.7 Å². The Morgan fingerprint density at radius 1 is 1.41 bits per heavy atom. The fourth-order valence-electron chi connectivity index (χ4n) is 2.90. The minimum absolute atomic E-state index is 0.0424. The third kappa shape index (κ3) is 4.42. The second kappa shape index (κ2) is 8.11. The number of rotatable bonds is 6. The molecule has 0 saturated heterocycles. The Morgan fingerprint density at radius 2 is 2.14 bits per heavy atom. The predicted molar refractivity (Wildman–Crippen MR) is 86.4 cm³/mol. The summed E-state index contributed by atoms with van der Waals surface area (Å²) in [6.45, 7) is 2.23. The molecule has 22 heavy (non-hydrogen) atoms. The summed E-state index contributed by atoms with van der Waals surface area (Å²) in [6, 6.07) is 9.97. The zero-order chi connectivity index (χ0) is 15.9. The molecule has 0 spiro atoms. The quantitative estimate of drug-likeness (QED) is 0.648. The fraction of sp³-hybridized carbons (Fsp3) is 0.500. The fourth-order valence-corrected chi connectivity index (χ4v) is 2.90. The van der Waals surface area contributed by atoms with Crippen LogP contribution in [0.1, 0.15) is 37.9 Å². The lowest BCUT2D eigenvalue weighted by molar-refractivity contribution is -0.144. The van der Waals surface area contributed by atoms with Crippen molar-refractivity contribution >= 4 is 5.97 Å². The first-order valence-electron chi connectivity index (χ1n) is 7.89. The van der Waals surface area contributed by atoms with Crippen molar-refractivity contribution in [3.63, 3.8) is 0 Å². The van der Waals surface area contributed by atoms with Crippen LogP contribution in [0.5, 0.6) is 0 Å². The van der Waals surface area contributed by atoms with E-state index < -0.39 is 6.10 Å². The number of nitrogens with zero attached hydrogens (tertiary/aromatic N) is 1. The van der Waals surface area contributed by atoms with Crippen molar-refractivity contribution in [1.82, 2.24) is 4.90 Å². The Hall–Kier alpha value is -1.65. The number of hydrogen-bond acceptors (Lipinski definition) is 4. The van der Waals surface area contributed by atoms with Gasteiger partial charge < -0.3 is 9.84 Å². The molecule has 4 nitrogen and oxygen atoms in total. The molecule has 1 aliphatic rings. The molecule has 0 aromatic heterocycles. The van der Waals surface area contributed by atoms with Crippen molar-refractivity contribution in [2.24, 2.45) is 0 Å².